The van der Waals surface area contributed by atoms with Crippen molar-refractivity contribution < 1.29 is 4.74 Å². The summed E-state index contributed by atoms with van der Waals surface area (Å²) in [7, 11) is 0. The van der Waals surface area contributed by atoms with Gasteiger partial charge in [0.15, 0.2) is 0 Å². The van der Waals surface area contributed by atoms with Gasteiger partial charge in [0.1, 0.15) is 12.4 Å². The van der Waals surface area contributed by atoms with Crippen molar-refractivity contribution in [3.8, 4) is 5.75 Å². The minimum Gasteiger partial charge on any atom is -0.489 e. The van der Waals surface area contributed by atoms with Gasteiger partial charge < -0.3 is 10.1 Å². The van der Waals surface area contributed by atoms with Gasteiger partial charge in [-0.15, -0.1) is 0 Å². The van der Waals surface area contributed by atoms with Crippen LogP contribution in [0.2, 0.25) is 10.0 Å². The number of nitrogens with one attached hydrogen (secondary N) is 1. The highest BCUT2D eigenvalue weighted by atomic mass is 35.5. The number of fused-ring (bicyclic) bond motifs is 4. The molecule has 2 nitrogen and oxygen atoms in total. The molecule has 33 heavy (non-hydrogen) atoms. The number of hydrogen-bond acceptors (Lipinski definition) is 2. The average Bonchev–Trinajstić information content (AvgIpc) is 3.33. The Morgan fingerprint density at radius 2 is 1.70 bits per heavy atom. The number of benzene rings is 4. The highest BCUT2D eigenvalue weighted by molar-refractivity contribution is 6.36. The van der Waals surface area contributed by atoms with Crippen LogP contribution in [0.4, 0.5) is 5.69 Å². The molecule has 3 atom stereocenters. The fourth-order valence-corrected chi connectivity index (χ4v) is 5.78. The van der Waals surface area contributed by atoms with Crippen LogP contribution in [-0.2, 0) is 6.61 Å². The van der Waals surface area contributed by atoms with E-state index in [0.717, 1.165) is 23.4 Å². The normalized spacial score (nSPS) is 20.8. The van der Waals surface area contributed by atoms with Crippen LogP contribution in [0.1, 0.15) is 35.1 Å². The Morgan fingerprint density at radius 3 is 2.55 bits per heavy atom. The predicted molar refractivity (Wildman–Crippen MR) is 138 cm³/mol. The topological polar surface area (TPSA) is 21.3 Å². The molecular formula is C29H23Cl2NO. The summed E-state index contributed by atoms with van der Waals surface area (Å²) >= 11 is 12.9. The Labute approximate surface area is 203 Å². The Kier molecular flexibility index (Phi) is 5.28. The molecule has 0 spiro atoms. The smallest absolute Gasteiger partial charge is 0.119 e. The molecule has 1 aliphatic heterocycles. The maximum Gasteiger partial charge on any atom is 0.119 e. The van der Waals surface area contributed by atoms with Crippen LogP contribution in [0.15, 0.2) is 91.0 Å². The van der Waals surface area contributed by atoms with E-state index in [1.54, 1.807) is 0 Å². The summed E-state index contributed by atoms with van der Waals surface area (Å²) in [4.78, 5) is 0. The largest absolute Gasteiger partial charge is 0.489 e. The third-order valence-electron chi connectivity index (χ3n) is 6.84. The number of hydrogen-bond donors (Lipinski definition) is 1. The molecule has 1 N–H and O–H groups in total. The maximum atomic E-state index is 6.56. The Morgan fingerprint density at radius 1 is 0.879 bits per heavy atom. The van der Waals surface area contributed by atoms with Crippen LogP contribution in [-0.4, -0.2) is 0 Å². The molecule has 4 aromatic rings. The molecule has 2 aliphatic rings. The van der Waals surface area contributed by atoms with Crippen LogP contribution in [0.5, 0.6) is 5.75 Å². The lowest BCUT2D eigenvalue weighted by Crippen LogP contribution is -2.29. The van der Waals surface area contributed by atoms with Gasteiger partial charge in [-0.3, -0.25) is 0 Å². The molecule has 0 amide bonds. The van der Waals surface area contributed by atoms with Gasteiger partial charge in [0.05, 0.1) is 16.8 Å². The number of halogens is 2. The van der Waals surface area contributed by atoms with Crippen LogP contribution < -0.4 is 10.1 Å². The summed E-state index contributed by atoms with van der Waals surface area (Å²) in [5.74, 6) is 1.64. The first kappa shape index (κ1) is 20.7. The minimum absolute atomic E-state index is 0.186. The van der Waals surface area contributed by atoms with Crippen LogP contribution in [0, 0.1) is 5.92 Å². The second-order valence-electron chi connectivity index (χ2n) is 8.87. The highest BCUT2D eigenvalue weighted by Crippen LogP contribution is 2.52. The van der Waals surface area contributed by atoms with Crippen LogP contribution in [0.3, 0.4) is 0 Å². The molecular weight excluding hydrogens is 449 g/mol. The monoisotopic (exact) mass is 471 g/mol. The first-order chi connectivity index (χ1) is 16.2. The molecule has 0 saturated carbocycles. The van der Waals surface area contributed by atoms with Crippen LogP contribution >= 0.6 is 23.2 Å². The Balaban J connectivity index is 1.21. The van der Waals surface area contributed by atoms with Crippen molar-refractivity contribution in [3.63, 3.8) is 0 Å². The molecule has 1 heterocycles. The molecule has 4 heteroatoms. The lowest BCUT2D eigenvalue weighted by atomic mass is 9.77. The number of ether oxygens (including phenoxy) is 1. The lowest BCUT2D eigenvalue weighted by Gasteiger charge is -2.38. The molecule has 1 aliphatic carbocycles. The van der Waals surface area contributed by atoms with Crippen molar-refractivity contribution in [2.24, 2.45) is 5.92 Å². The molecule has 0 unspecified atom stereocenters. The van der Waals surface area contributed by atoms with Crippen molar-refractivity contribution in [2.75, 3.05) is 5.32 Å². The first-order valence-corrected chi connectivity index (χ1v) is 12.0. The quantitative estimate of drug-likeness (QED) is 0.301. The van der Waals surface area contributed by atoms with E-state index in [9.17, 15) is 0 Å². The molecule has 0 saturated heterocycles. The molecule has 6 rings (SSSR count). The van der Waals surface area contributed by atoms with Crippen LogP contribution in [0.25, 0.3) is 10.8 Å². The van der Waals surface area contributed by atoms with E-state index in [4.69, 9.17) is 27.9 Å². The summed E-state index contributed by atoms with van der Waals surface area (Å²) in [5.41, 5.74) is 4.59. The number of allylic oxidation sites excluding steroid dienone is 2. The van der Waals surface area contributed by atoms with E-state index in [1.807, 2.05) is 12.1 Å². The number of anilines is 1. The summed E-state index contributed by atoms with van der Waals surface area (Å²) in [6, 6.07) is 27.4. The van der Waals surface area contributed by atoms with Crippen molar-refractivity contribution in [2.45, 2.75) is 25.0 Å². The fourth-order valence-electron chi connectivity index (χ4n) is 5.22. The SMILES string of the molecule is Clc1cc(Cl)c2c(c1)[C@@H]1C=CC[C@@H]1[C@H](c1ccc(OCc3ccc4ccccc4c3)cc1)N2. The second-order valence-corrected chi connectivity index (χ2v) is 9.71. The summed E-state index contributed by atoms with van der Waals surface area (Å²) < 4.78 is 6.09. The van der Waals surface area contributed by atoms with Gasteiger partial charge in [-0.2, -0.15) is 0 Å². The van der Waals surface area contributed by atoms with Gasteiger partial charge >= 0.3 is 0 Å². The third-order valence-corrected chi connectivity index (χ3v) is 7.36. The molecule has 4 aromatic carbocycles. The van der Waals surface area contributed by atoms with Crippen molar-refractivity contribution >= 4 is 39.7 Å². The van der Waals surface area contributed by atoms with Crippen molar-refractivity contribution in [1.82, 2.24) is 0 Å². The molecule has 0 fully saturated rings. The van der Waals surface area contributed by atoms with Gasteiger partial charge in [0.2, 0.25) is 0 Å². The molecule has 0 aromatic heterocycles. The zero-order chi connectivity index (χ0) is 22.4. The second kappa shape index (κ2) is 8.44. The first-order valence-electron chi connectivity index (χ1n) is 11.3. The van der Waals surface area contributed by atoms with E-state index in [0.29, 0.717) is 28.5 Å². The Hall–Kier alpha value is -2.94. The van der Waals surface area contributed by atoms with E-state index in [2.05, 4.69) is 84.2 Å². The van der Waals surface area contributed by atoms with Gasteiger partial charge in [-0.25, -0.2) is 0 Å². The number of rotatable bonds is 4. The highest BCUT2D eigenvalue weighted by Gasteiger charge is 2.38. The van der Waals surface area contributed by atoms with E-state index in [1.165, 1.54) is 21.9 Å². The summed E-state index contributed by atoms with van der Waals surface area (Å²) in [6.07, 6.45) is 5.60. The standard InChI is InChI=1S/C29H23Cl2NO/c30-22-15-26-24-6-3-7-25(24)28(32-29(26)27(31)16-22)20-10-12-23(13-11-20)33-17-18-8-9-19-4-1-2-5-21(19)14-18/h1-6,8-16,24-25,28,32H,7,17H2/t24-,25+,28+/m1/s1. The van der Waals surface area contributed by atoms with Crippen molar-refractivity contribution in [3.05, 3.63) is 118 Å². The fraction of sp³-hybridized carbons (Fsp3) is 0.172. The van der Waals surface area contributed by atoms with Crippen molar-refractivity contribution in [1.29, 1.82) is 0 Å². The zero-order valence-corrected chi connectivity index (χ0v) is 19.5. The molecule has 164 valence electrons. The predicted octanol–water partition coefficient (Wildman–Crippen LogP) is 8.55. The third kappa shape index (κ3) is 3.88. The minimum atomic E-state index is 0.186. The average molecular weight is 472 g/mol. The molecule has 0 bridgehead atoms. The lowest BCUT2D eigenvalue weighted by molar-refractivity contribution is 0.306. The Bertz CT molecular complexity index is 1360. The molecule has 0 radical (unpaired) electrons. The summed E-state index contributed by atoms with van der Waals surface area (Å²) in [5, 5.41) is 7.54. The van der Waals surface area contributed by atoms with E-state index in [-0.39, 0.29) is 6.04 Å². The van der Waals surface area contributed by atoms with Gasteiger partial charge in [0.25, 0.3) is 0 Å². The maximum absolute atomic E-state index is 6.56. The van der Waals surface area contributed by atoms with E-state index >= 15 is 0 Å². The van der Waals surface area contributed by atoms with Gasteiger partial charge in [-0.1, -0.05) is 83.9 Å². The van der Waals surface area contributed by atoms with Gasteiger partial charge in [-0.05, 0) is 70.1 Å². The van der Waals surface area contributed by atoms with E-state index < -0.39 is 0 Å². The summed E-state index contributed by atoms with van der Waals surface area (Å²) in [6.45, 7) is 0.546. The van der Waals surface area contributed by atoms with Gasteiger partial charge in [0, 0.05) is 10.9 Å². The zero-order valence-electron chi connectivity index (χ0n) is 18.0.